The Kier molecular flexibility index (Phi) is 8.64. The Bertz CT molecular complexity index is 145. The van der Waals surface area contributed by atoms with Crippen LogP contribution in [0, 0.1) is 0 Å². The molecule has 0 saturated carbocycles. The Balaban J connectivity index is 3.28. The fourth-order valence-electron chi connectivity index (χ4n) is 1.08. The van der Waals surface area contributed by atoms with E-state index in [1.165, 1.54) is 12.8 Å². The Morgan fingerprint density at radius 1 is 1.29 bits per heavy atom. The Labute approximate surface area is 86.5 Å². The van der Waals surface area contributed by atoms with Gasteiger partial charge in [0.25, 0.3) is 0 Å². The topological polar surface area (TPSA) is 46.5 Å². The first kappa shape index (κ1) is 13.4. The third-order valence-electron chi connectivity index (χ3n) is 2.14. The summed E-state index contributed by atoms with van der Waals surface area (Å²) in [6, 6.07) is 0. The van der Waals surface area contributed by atoms with Crippen molar-refractivity contribution in [2.45, 2.75) is 58.5 Å². The van der Waals surface area contributed by atoms with Crippen molar-refractivity contribution in [1.29, 1.82) is 0 Å². The lowest BCUT2D eigenvalue weighted by Crippen LogP contribution is -2.17. The summed E-state index contributed by atoms with van der Waals surface area (Å²) < 4.78 is 4.89. The molecule has 1 N–H and O–H groups in total. The molecule has 84 valence electrons. The monoisotopic (exact) mass is 202 g/mol. The number of hydrogen-bond donors (Lipinski definition) is 1. The maximum absolute atomic E-state index is 11.1. The molecule has 1 unspecified atom stereocenters. The molecular formula is C11H22O3. The van der Waals surface area contributed by atoms with Gasteiger partial charge in [-0.1, -0.05) is 33.1 Å². The molecule has 0 aliphatic heterocycles. The quantitative estimate of drug-likeness (QED) is 0.485. The fourth-order valence-corrected chi connectivity index (χ4v) is 1.08. The summed E-state index contributed by atoms with van der Waals surface area (Å²) in [6.07, 6.45) is 4.93. The maximum Gasteiger partial charge on any atom is 0.305 e. The van der Waals surface area contributed by atoms with Crippen molar-refractivity contribution < 1.29 is 14.6 Å². The molecule has 0 aliphatic carbocycles. The minimum atomic E-state index is -0.505. The van der Waals surface area contributed by atoms with E-state index in [1.54, 1.807) is 0 Å². The largest absolute Gasteiger partial charge is 0.463 e. The summed E-state index contributed by atoms with van der Waals surface area (Å²) in [6.45, 7) is 4.14. The fraction of sp³-hybridized carbons (Fsp3) is 0.909. The molecular weight excluding hydrogens is 180 g/mol. The standard InChI is InChI=1S/C11H22O3/c1-3-5-6-7-8-11(13)14-9-10(12)4-2/h10,12H,3-9H2,1-2H3. The van der Waals surface area contributed by atoms with Gasteiger partial charge in [0.05, 0.1) is 6.10 Å². The van der Waals surface area contributed by atoms with Crippen LogP contribution in [0.3, 0.4) is 0 Å². The highest BCUT2D eigenvalue weighted by Gasteiger charge is 2.06. The minimum Gasteiger partial charge on any atom is -0.463 e. The molecule has 14 heavy (non-hydrogen) atoms. The Morgan fingerprint density at radius 2 is 2.00 bits per heavy atom. The highest BCUT2D eigenvalue weighted by molar-refractivity contribution is 5.69. The van der Waals surface area contributed by atoms with E-state index in [0.29, 0.717) is 12.8 Å². The van der Waals surface area contributed by atoms with Gasteiger partial charge >= 0.3 is 5.97 Å². The van der Waals surface area contributed by atoms with E-state index in [2.05, 4.69) is 6.92 Å². The van der Waals surface area contributed by atoms with Crippen LogP contribution in [0.4, 0.5) is 0 Å². The molecule has 0 heterocycles. The van der Waals surface area contributed by atoms with Gasteiger partial charge in [0, 0.05) is 6.42 Å². The first-order valence-corrected chi connectivity index (χ1v) is 5.54. The number of rotatable bonds is 8. The number of ether oxygens (including phenoxy) is 1. The Morgan fingerprint density at radius 3 is 2.57 bits per heavy atom. The first-order chi connectivity index (χ1) is 6.70. The lowest BCUT2D eigenvalue weighted by molar-refractivity contribution is -0.146. The van der Waals surface area contributed by atoms with Crippen LogP contribution in [0.15, 0.2) is 0 Å². The van der Waals surface area contributed by atoms with Gasteiger partial charge < -0.3 is 9.84 Å². The summed E-state index contributed by atoms with van der Waals surface area (Å²) in [7, 11) is 0. The van der Waals surface area contributed by atoms with Crippen molar-refractivity contribution in [2.24, 2.45) is 0 Å². The molecule has 3 nitrogen and oxygen atoms in total. The van der Waals surface area contributed by atoms with Crippen molar-refractivity contribution in [3.05, 3.63) is 0 Å². The van der Waals surface area contributed by atoms with Crippen LogP contribution in [-0.2, 0) is 9.53 Å². The van der Waals surface area contributed by atoms with Gasteiger partial charge in [0.2, 0.25) is 0 Å². The normalized spacial score (nSPS) is 12.5. The van der Waals surface area contributed by atoms with Crippen LogP contribution in [0.25, 0.3) is 0 Å². The molecule has 0 radical (unpaired) electrons. The van der Waals surface area contributed by atoms with Crippen molar-refractivity contribution >= 4 is 5.97 Å². The lowest BCUT2D eigenvalue weighted by atomic mass is 10.1. The van der Waals surface area contributed by atoms with E-state index in [0.717, 1.165) is 12.8 Å². The summed E-state index contributed by atoms with van der Waals surface area (Å²) in [5.74, 6) is -0.186. The molecule has 0 fully saturated rings. The number of hydrogen-bond acceptors (Lipinski definition) is 3. The maximum atomic E-state index is 11.1. The van der Waals surface area contributed by atoms with Crippen molar-refractivity contribution in [2.75, 3.05) is 6.61 Å². The molecule has 0 aromatic carbocycles. The predicted molar refractivity (Wildman–Crippen MR) is 56.0 cm³/mol. The third kappa shape index (κ3) is 8.05. The second kappa shape index (κ2) is 9.00. The molecule has 1 atom stereocenters. The third-order valence-corrected chi connectivity index (χ3v) is 2.14. The molecule has 0 aromatic rings. The summed E-state index contributed by atoms with van der Waals surface area (Å²) in [4.78, 5) is 11.1. The molecule has 3 heteroatoms. The van der Waals surface area contributed by atoms with Crippen LogP contribution in [0.5, 0.6) is 0 Å². The summed E-state index contributed by atoms with van der Waals surface area (Å²) >= 11 is 0. The van der Waals surface area contributed by atoms with Gasteiger partial charge in [0.15, 0.2) is 0 Å². The van der Waals surface area contributed by atoms with Crippen LogP contribution in [0.2, 0.25) is 0 Å². The highest BCUT2D eigenvalue weighted by atomic mass is 16.5. The van der Waals surface area contributed by atoms with Gasteiger partial charge in [-0.3, -0.25) is 4.79 Å². The second-order valence-corrected chi connectivity index (χ2v) is 3.56. The smallest absolute Gasteiger partial charge is 0.305 e. The van der Waals surface area contributed by atoms with Crippen molar-refractivity contribution in [3.8, 4) is 0 Å². The van der Waals surface area contributed by atoms with Gasteiger partial charge in [-0.2, -0.15) is 0 Å². The molecule has 0 spiro atoms. The lowest BCUT2D eigenvalue weighted by Gasteiger charge is -2.08. The minimum absolute atomic E-state index is 0.142. The molecule has 0 bridgehead atoms. The second-order valence-electron chi connectivity index (χ2n) is 3.56. The number of carbonyl (C=O) groups excluding carboxylic acids is 1. The van der Waals surface area contributed by atoms with Gasteiger partial charge in [-0.25, -0.2) is 0 Å². The average Bonchev–Trinajstić information content (AvgIpc) is 2.21. The van der Waals surface area contributed by atoms with Crippen LogP contribution >= 0.6 is 0 Å². The van der Waals surface area contributed by atoms with E-state index in [1.807, 2.05) is 6.92 Å². The number of aliphatic hydroxyl groups is 1. The number of esters is 1. The van der Waals surface area contributed by atoms with Crippen LogP contribution in [0.1, 0.15) is 52.4 Å². The van der Waals surface area contributed by atoms with Gasteiger partial charge in [-0.05, 0) is 12.8 Å². The number of aliphatic hydroxyl groups excluding tert-OH is 1. The average molecular weight is 202 g/mol. The summed E-state index contributed by atoms with van der Waals surface area (Å²) in [5.41, 5.74) is 0. The van der Waals surface area contributed by atoms with E-state index < -0.39 is 6.10 Å². The molecule has 0 saturated heterocycles. The zero-order valence-electron chi connectivity index (χ0n) is 9.29. The zero-order chi connectivity index (χ0) is 10.8. The number of unbranched alkanes of at least 4 members (excludes halogenated alkanes) is 3. The van der Waals surface area contributed by atoms with E-state index in [9.17, 15) is 4.79 Å². The first-order valence-electron chi connectivity index (χ1n) is 5.54. The van der Waals surface area contributed by atoms with E-state index >= 15 is 0 Å². The van der Waals surface area contributed by atoms with Crippen molar-refractivity contribution in [3.63, 3.8) is 0 Å². The predicted octanol–water partition coefficient (Wildman–Crippen LogP) is 2.27. The van der Waals surface area contributed by atoms with E-state index in [4.69, 9.17) is 9.84 Å². The van der Waals surface area contributed by atoms with Gasteiger partial charge in [0.1, 0.15) is 6.61 Å². The molecule has 0 aliphatic rings. The molecule has 0 aromatic heterocycles. The van der Waals surface area contributed by atoms with E-state index in [-0.39, 0.29) is 12.6 Å². The molecule has 0 amide bonds. The highest BCUT2D eigenvalue weighted by Crippen LogP contribution is 2.03. The van der Waals surface area contributed by atoms with Crippen LogP contribution in [-0.4, -0.2) is 23.8 Å². The van der Waals surface area contributed by atoms with Crippen molar-refractivity contribution in [1.82, 2.24) is 0 Å². The SMILES string of the molecule is CCCCCCC(=O)OCC(O)CC. The summed E-state index contributed by atoms with van der Waals surface area (Å²) in [5, 5.41) is 9.14. The molecule has 0 rings (SSSR count). The van der Waals surface area contributed by atoms with Gasteiger partial charge in [-0.15, -0.1) is 0 Å². The zero-order valence-corrected chi connectivity index (χ0v) is 9.29. The Hall–Kier alpha value is -0.570. The number of carbonyl (C=O) groups is 1. The van der Waals surface area contributed by atoms with Crippen LogP contribution < -0.4 is 0 Å².